The summed E-state index contributed by atoms with van der Waals surface area (Å²) in [4.78, 5) is 18.8. The van der Waals surface area contributed by atoms with E-state index in [1.807, 2.05) is 6.07 Å². The quantitative estimate of drug-likeness (QED) is 0.635. The van der Waals surface area contributed by atoms with Crippen molar-refractivity contribution in [2.75, 3.05) is 18.0 Å². The molecule has 2 N–H and O–H groups in total. The summed E-state index contributed by atoms with van der Waals surface area (Å²) in [6, 6.07) is 9.42. The van der Waals surface area contributed by atoms with Crippen molar-refractivity contribution in [3.63, 3.8) is 0 Å². The van der Waals surface area contributed by atoms with Gasteiger partial charge in [-0.2, -0.15) is 10.4 Å². The van der Waals surface area contributed by atoms with Crippen LogP contribution < -0.4 is 10.2 Å². The fourth-order valence-corrected chi connectivity index (χ4v) is 4.35. The summed E-state index contributed by atoms with van der Waals surface area (Å²) in [5.74, 6) is -0.412. The number of aromatic nitrogens is 3. The predicted octanol–water partition coefficient (Wildman–Crippen LogP) is 2.49. The van der Waals surface area contributed by atoms with Gasteiger partial charge in [0.1, 0.15) is 17.6 Å². The highest BCUT2D eigenvalue weighted by molar-refractivity contribution is 6.01. The maximum atomic E-state index is 14.7. The van der Waals surface area contributed by atoms with Gasteiger partial charge in [-0.25, -0.2) is 18.4 Å². The zero-order valence-corrected chi connectivity index (χ0v) is 17.7. The van der Waals surface area contributed by atoms with Gasteiger partial charge in [-0.05, 0) is 31.5 Å². The minimum atomic E-state index is -1.49. The monoisotopic (exact) mass is 450 g/mol. The molecule has 2 aliphatic rings. The van der Waals surface area contributed by atoms with Gasteiger partial charge in [-0.15, -0.1) is 0 Å². The Morgan fingerprint density at radius 1 is 1.33 bits per heavy atom. The lowest BCUT2D eigenvalue weighted by molar-refractivity contribution is -0.0278. The van der Waals surface area contributed by atoms with E-state index >= 15 is 0 Å². The number of carbonyl (C=O) groups excluding carboxylic acids is 1. The third-order valence-electron chi connectivity index (χ3n) is 6.09. The summed E-state index contributed by atoms with van der Waals surface area (Å²) in [5, 5.41) is 27.0. The Bertz CT molecular complexity index is 1310. The molecule has 0 radical (unpaired) electrons. The van der Waals surface area contributed by atoms with Crippen molar-refractivity contribution in [3.05, 3.63) is 59.2 Å². The topological polar surface area (TPSA) is 107 Å². The number of fused-ring (bicyclic) bond motifs is 1. The van der Waals surface area contributed by atoms with Crippen LogP contribution in [0.15, 0.2) is 36.5 Å². The average molecular weight is 450 g/mol. The molecular formula is C23H20F2N6O2. The maximum absolute atomic E-state index is 14.7. The third kappa shape index (κ3) is 3.50. The molecule has 0 aliphatic carbocycles. The highest BCUT2D eigenvalue weighted by atomic mass is 19.1. The smallest absolute Gasteiger partial charge is 0.255 e. The van der Waals surface area contributed by atoms with Crippen LogP contribution in [0.1, 0.15) is 35.0 Å². The van der Waals surface area contributed by atoms with Gasteiger partial charge < -0.3 is 15.3 Å². The molecule has 2 aliphatic heterocycles. The van der Waals surface area contributed by atoms with Crippen molar-refractivity contribution in [2.45, 2.75) is 31.7 Å². The molecule has 10 heteroatoms. The summed E-state index contributed by atoms with van der Waals surface area (Å²) in [5.41, 5.74) is 0.0326. The molecule has 1 amide bonds. The minimum absolute atomic E-state index is 0.0526. The van der Waals surface area contributed by atoms with E-state index in [4.69, 9.17) is 0 Å². The normalized spacial score (nSPS) is 22.1. The fourth-order valence-electron chi connectivity index (χ4n) is 4.35. The van der Waals surface area contributed by atoms with E-state index in [0.717, 1.165) is 0 Å². The van der Waals surface area contributed by atoms with Crippen LogP contribution in [-0.2, 0) is 6.54 Å². The first-order valence-electron chi connectivity index (χ1n) is 10.5. The molecule has 8 nitrogen and oxygen atoms in total. The molecule has 1 fully saturated rings. The standard InChI is InChI=1S/C23H20F2N6O2/c1-23(33)12-30(7-5-18(23)25)19-6-8-31(29-19)17-9-15(28-16-11-27-22(32)21(16)17)20-13(10-26)3-2-4-14(20)24/h2-4,6,8-9,18,33H,5,7,11-12H2,1H3,(H,27,32). The van der Waals surface area contributed by atoms with Gasteiger partial charge >= 0.3 is 0 Å². The van der Waals surface area contributed by atoms with E-state index in [1.54, 1.807) is 17.2 Å². The molecule has 4 heterocycles. The first kappa shape index (κ1) is 21.0. The molecule has 2 atom stereocenters. The number of nitrogens with zero attached hydrogens (tertiary/aromatic N) is 5. The zero-order valence-electron chi connectivity index (χ0n) is 17.7. The number of hydrogen-bond acceptors (Lipinski definition) is 6. The van der Waals surface area contributed by atoms with Gasteiger partial charge in [0.25, 0.3) is 5.91 Å². The fraction of sp³-hybridized carbons (Fsp3) is 0.304. The number of hydrogen-bond donors (Lipinski definition) is 2. The number of halogens is 2. The lowest BCUT2D eigenvalue weighted by Gasteiger charge is -2.39. The zero-order chi connectivity index (χ0) is 23.3. The molecule has 2 aromatic heterocycles. The van der Waals surface area contributed by atoms with Crippen LogP contribution in [0, 0.1) is 17.1 Å². The van der Waals surface area contributed by atoms with Crippen molar-refractivity contribution >= 4 is 11.7 Å². The highest BCUT2D eigenvalue weighted by Crippen LogP contribution is 2.32. The second-order valence-electron chi connectivity index (χ2n) is 8.46. The Hall–Kier alpha value is -3.84. The van der Waals surface area contributed by atoms with Crippen LogP contribution in [-0.4, -0.2) is 50.6 Å². The molecule has 3 aromatic rings. The Labute approximate surface area is 188 Å². The number of anilines is 1. The molecular weight excluding hydrogens is 430 g/mol. The van der Waals surface area contributed by atoms with Crippen LogP contribution in [0.4, 0.5) is 14.6 Å². The van der Waals surface area contributed by atoms with Crippen molar-refractivity contribution in [1.29, 1.82) is 5.26 Å². The van der Waals surface area contributed by atoms with Gasteiger partial charge in [0.05, 0.1) is 52.9 Å². The van der Waals surface area contributed by atoms with Crippen LogP contribution >= 0.6 is 0 Å². The molecule has 1 aromatic carbocycles. The summed E-state index contributed by atoms with van der Waals surface area (Å²) >= 11 is 0. The van der Waals surface area contributed by atoms with E-state index < -0.39 is 17.6 Å². The molecule has 168 valence electrons. The second-order valence-corrected chi connectivity index (χ2v) is 8.46. The number of alkyl halides is 1. The van der Waals surface area contributed by atoms with Crippen LogP contribution in [0.25, 0.3) is 16.9 Å². The summed E-state index contributed by atoms with van der Waals surface area (Å²) < 4.78 is 30.2. The van der Waals surface area contributed by atoms with E-state index in [9.17, 15) is 23.9 Å². The van der Waals surface area contributed by atoms with Crippen molar-refractivity contribution in [2.24, 2.45) is 0 Å². The Morgan fingerprint density at radius 2 is 2.15 bits per heavy atom. The van der Waals surface area contributed by atoms with Gasteiger partial charge in [0.2, 0.25) is 0 Å². The van der Waals surface area contributed by atoms with E-state index in [2.05, 4.69) is 15.4 Å². The average Bonchev–Trinajstić information content (AvgIpc) is 3.42. The third-order valence-corrected chi connectivity index (χ3v) is 6.09. The van der Waals surface area contributed by atoms with Gasteiger partial charge in [0.15, 0.2) is 5.82 Å². The van der Waals surface area contributed by atoms with E-state index in [0.29, 0.717) is 29.3 Å². The summed E-state index contributed by atoms with van der Waals surface area (Å²) in [6.45, 7) is 2.09. The molecule has 1 saturated heterocycles. The molecule has 0 spiro atoms. The van der Waals surface area contributed by atoms with Gasteiger partial charge in [-0.1, -0.05) is 6.07 Å². The number of pyridine rings is 1. The number of benzene rings is 1. The number of β-amino-alcohol motifs (C(OH)–C–C–N with tert-alkyl or cyclic N) is 1. The van der Waals surface area contributed by atoms with E-state index in [1.165, 1.54) is 35.9 Å². The van der Waals surface area contributed by atoms with Crippen molar-refractivity contribution in [3.8, 4) is 23.0 Å². The number of amides is 1. The Balaban J connectivity index is 1.60. The number of nitrogens with one attached hydrogen (secondary N) is 1. The summed E-state index contributed by atoms with van der Waals surface area (Å²) in [7, 11) is 0. The highest BCUT2D eigenvalue weighted by Gasteiger charge is 2.39. The largest absolute Gasteiger partial charge is 0.385 e. The molecule has 2 unspecified atom stereocenters. The molecule has 0 bridgehead atoms. The molecule has 5 rings (SSSR count). The molecule has 0 saturated carbocycles. The molecule has 33 heavy (non-hydrogen) atoms. The van der Waals surface area contributed by atoms with Crippen LogP contribution in [0.2, 0.25) is 0 Å². The lowest BCUT2D eigenvalue weighted by Crippen LogP contribution is -2.53. The predicted molar refractivity (Wildman–Crippen MR) is 115 cm³/mol. The number of aliphatic hydroxyl groups is 1. The van der Waals surface area contributed by atoms with Crippen LogP contribution in [0.5, 0.6) is 0 Å². The first-order valence-corrected chi connectivity index (χ1v) is 10.5. The van der Waals surface area contributed by atoms with Crippen LogP contribution in [0.3, 0.4) is 0 Å². The van der Waals surface area contributed by atoms with E-state index in [-0.39, 0.29) is 42.2 Å². The second kappa shape index (κ2) is 7.64. The summed E-state index contributed by atoms with van der Waals surface area (Å²) in [6.07, 6.45) is 0.491. The van der Waals surface area contributed by atoms with Gasteiger partial charge in [0, 0.05) is 18.8 Å². The van der Waals surface area contributed by atoms with Crippen molar-refractivity contribution < 1.29 is 18.7 Å². The number of rotatable bonds is 3. The Kier molecular flexibility index (Phi) is 4.87. The maximum Gasteiger partial charge on any atom is 0.255 e. The first-order chi connectivity index (χ1) is 15.8. The minimum Gasteiger partial charge on any atom is -0.385 e. The van der Waals surface area contributed by atoms with Crippen molar-refractivity contribution in [1.82, 2.24) is 20.1 Å². The van der Waals surface area contributed by atoms with Gasteiger partial charge in [-0.3, -0.25) is 4.79 Å². The SMILES string of the molecule is CC1(O)CN(c2ccn(-c3cc(-c4c(F)cccc4C#N)nc4c3C(=O)NC4)n2)CCC1F. The Morgan fingerprint density at radius 3 is 2.91 bits per heavy atom. The number of carbonyl (C=O) groups is 1. The number of piperidine rings is 1. The lowest BCUT2D eigenvalue weighted by atomic mass is 9.93. The number of nitriles is 1.